The van der Waals surface area contributed by atoms with Crippen molar-refractivity contribution in [2.24, 2.45) is 0 Å². The third kappa shape index (κ3) is 3.09. The van der Waals surface area contributed by atoms with Crippen molar-refractivity contribution in [2.45, 2.75) is 0 Å². The van der Waals surface area contributed by atoms with E-state index in [4.69, 9.17) is 8.83 Å². The summed E-state index contributed by atoms with van der Waals surface area (Å²) >= 11 is 1.22. The van der Waals surface area contributed by atoms with E-state index in [0.29, 0.717) is 21.8 Å². The molecular formula is C21H11FN2O4S. The number of amides is 1. The number of furan rings is 1. The molecule has 0 atom stereocenters. The lowest BCUT2D eigenvalue weighted by atomic mass is 10.2. The first-order valence-corrected chi connectivity index (χ1v) is 9.45. The molecule has 5 aromatic rings. The van der Waals surface area contributed by atoms with E-state index in [9.17, 15) is 14.0 Å². The first-order chi connectivity index (χ1) is 14.1. The fraction of sp³-hybridized carbons (Fsp3) is 0. The second kappa shape index (κ2) is 6.68. The second-order valence-electron chi connectivity index (χ2n) is 6.24. The van der Waals surface area contributed by atoms with Crippen LogP contribution in [0.1, 0.15) is 10.6 Å². The fourth-order valence-corrected chi connectivity index (χ4v) is 3.67. The zero-order valence-corrected chi connectivity index (χ0v) is 15.5. The summed E-state index contributed by atoms with van der Waals surface area (Å²) in [5.74, 6) is -0.960. The van der Waals surface area contributed by atoms with Crippen molar-refractivity contribution < 1.29 is 18.0 Å². The maximum atomic E-state index is 13.1. The van der Waals surface area contributed by atoms with E-state index in [1.165, 1.54) is 29.5 Å². The number of thiazole rings is 1. The zero-order valence-electron chi connectivity index (χ0n) is 14.6. The topological polar surface area (TPSA) is 85.3 Å². The lowest BCUT2D eigenvalue weighted by Crippen LogP contribution is -2.10. The molecule has 0 unspecified atom stereocenters. The molecule has 2 aromatic carbocycles. The van der Waals surface area contributed by atoms with Crippen LogP contribution in [0.5, 0.6) is 0 Å². The molecule has 29 heavy (non-hydrogen) atoms. The van der Waals surface area contributed by atoms with Gasteiger partial charge in [-0.05, 0) is 36.4 Å². The highest BCUT2D eigenvalue weighted by molar-refractivity contribution is 7.14. The molecule has 0 radical (unpaired) electrons. The van der Waals surface area contributed by atoms with Crippen LogP contribution in [0, 0.1) is 5.82 Å². The number of anilines is 1. The number of hydrogen-bond acceptors (Lipinski definition) is 6. The normalized spacial score (nSPS) is 11.2. The Hall–Kier alpha value is -3.78. The Bertz CT molecular complexity index is 1430. The number of nitrogens with zero attached hydrogens (tertiary/aromatic N) is 1. The third-order valence-electron chi connectivity index (χ3n) is 4.37. The predicted molar refractivity (Wildman–Crippen MR) is 108 cm³/mol. The Labute approximate surface area is 166 Å². The monoisotopic (exact) mass is 406 g/mol. The van der Waals surface area contributed by atoms with E-state index in [-0.39, 0.29) is 28.2 Å². The number of hydrogen-bond donors (Lipinski definition) is 1. The van der Waals surface area contributed by atoms with Gasteiger partial charge in [0, 0.05) is 17.0 Å². The molecule has 0 aliphatic carbocycles. The summed E-state index contributed by atoms with van der Waals surface area (Å²) in [6.07, 6.45) is 0. The standard InChI is InChI=1S/C21H11FN2O4S/c22-12-7-5-11(6-8-12)15-10-29-21(23-15)24-19(26)17-9-14-18(25)13-3-1-2-4-16(13)27-20(14)28-17/h1-10H,(H,23,24,26). The van der Waals surface area contributed by atoms with E-state index in [0.717, 1.165) is 5.56 Å². The number of para-hydroxylation sites is 1. The number of carbonyl (C=O) groups is 1. The van der Waals surface area contributed by atoms with Crippen LogP contribution in [0.3, 0.4) is 0 Å². The third-order valence-corrected chi connectivity index (χ3v) is 5.12. The number of carbonyl (C=O) groups excluding carboxylic acids is 1. The van der Waals surface area contributed by atoms with Gasteiger partial charge in [-0.25, -0.2) is 9.37 Å². The van der Waals surface area contributed by atoms with Crippen molar-refractivity contribution in [1.29, 1.82) is 0 Å². The largest absolute Gasteiger partial charge is 0.425 e. The van der Waals surface area contributed by atoms with Crippen molar-refractivity contribution in [2.75, 3.05) is 5.32 Å². The molecule has 0 aliphatic heterocycles. The summed E-state index contributed by atoms with van der Waals surface area (Å²) in [5.41, 5.74) is 1.46. The highest BCUT2D eigenvalue weighted by atomic mass is 32.1. The van der Waals surface area contributed by atoms with Gasteiger partial charge in [-0.3, -0.25) is 14.9 Å². The Morgan fingerprint density at radius 3 is 2.66 bits per heavy atom. The first-order valence-electron chi connectivity index (χ1n) is 8.57. The number of benzene rings is 2. The lowest BCUT2D eigenvalue weighted by Gasteiger charge is -1.98. The predicted octanol–water partition coefficient (Wildman–Crippen LogP) is 5.05. The molecule has 0 saturated carbocycles. The van der Waals surface area contributed by atoms with Gasteiger partial charge in [-0.2, -0.15) is 0 Å². The molecule has 3 heterocycles. The first kappa shape index (κ1) is 17.3. The van der Waals surface area contributed by atoms with Crippen molar-refractivity contribution in [1.82, 2.24) is 4.98 Å². The van der Waals surface area contributed by atoms with Gasteiger partial charge < -0.3 is 8.83 Å². The molecule has 5 rings (SSSR count). The van der Waals surface area contributed by atoms with Gasteiger partial charge in [0.05, 0.1) is 11.1 Å². The van der Waals surface area contributed by atoms with Crippen molar-refractivity contribution in [3.05, 3.63) is 81.8 Å². The Balaban J connectivity index is 1.44. The maximum Gasteiger partial charge on any atom is 0.302 e. The summed E-state index contributed by atoms with van der Waals surface area (Å²) in [6, 6.07) is 14.1. The molecule has 8 heteroatoms. The molecule has 3 aromatic heterocycles. The average Bonchev–Trinajstić information content (AvgIpc) is 3.36. The number of fused-ring (bicyclic) bond motifs is 2. The van der Waals surface area contributed by atoms with Crippen molar-refractivity contribution in [3.8, 4) is 11.3 Å². The minimum Gasteiger partial charge on any atom is -0.425 e. The van der Waals surface area contributed by atoms with Crippen LogP contribution in [0.2, 0.25) is 0 Å². The molecule has 0 aliphatic rings. The lowest BCUT2D eigenvalue weighted by molar-refractivity contribution is 0.0997. The molecular weight excluding hydrogens is 395 g/mol. The molecule has 142 valence electrons. The van der Waals surface area contributed by atoms with E-state index >= 15 is 0 Å². The van der Waals surface area contributed by atoms with Crippen LogP contribution in [0.4, 0.5) is 9.52 Å². The van der Waals surface area contributed by atoms with E-state index in [2.05, 4.69) is 10.3 Å². The number of rotatable bonds is 3. The minimum atomic E-state index is -0.556. The summed E-state index contributed by atoms with van der Waals surface area (Å²) in [5, 5.41) is 5.34. The Kier molecular flexibility index (Phi) is 3.99. The van der Waals surface area contributed by atoms with Gasteiger partial charge >= 0.3 is 5.78 Å². The molecule has 0 fully saturated rings. The van der Waals surface area contributed by atoms with Crippen molar-refractivity contribution >= 4 is 44.5 Å². The molecule has 1 amide bonds. The summed E-state index contributed by atoms with van der Waals surface area (Å²) in [7, 11) is 0. The van der Waals surface area contributed by atoms with Crippen LogP contribution < -0.4 is 10.7 Å². The zero-order chi connectivity index (χ0) is 20.0. The SMILES string of the molecule is O=C(Nc1nc(-c2ccc(F)cc2)cs1)c1cc2c(=O)c3ccccc3oc2o1. The highest BCUT2D eigenvalue weighted by Crippen LogP contribution is 2.26. The van der Waals surface area contributed by atoms with Gasteiger partial charge in [-0.1, -0.05) is 12.1 Å². The van der Waals surface area contributed by atoms with E-state index in [1.807, 2.05) is 0 Å². The molecule has 0 spiro atoms. The van der Waals surface area contributed by atoms with Gasteiger partial charge in [0.15, 0.2) is 10.9 Å². The van der Waals surface area contributed by atoms with E-state index in [1.54, 1.807) is 41.8 Å². The fourth-order valence-electron chi connectivity index (χ4n) is 2.95. The Morgan fingerprint density at radius 1 is 1.03 bits per heavy atom. The van der Waals surface area contributed by atoms with Crippen molar-refractivity contribution in [3.63, 3.8) is 0 Å². The maximum absolute atomic E-state index is 13.1. The molecule has 0 bridgehead atoms. The smallest absolute Gasteiger partial charge is 0.302 e. The quantitative estimate of drug-likeness (QED) is 0.453. The number of halogens is 1. The van der Waals surface area contributed by atoms with Crippen LogP contribution in [-0.4, -0.2) is 10.9 Å². The molecule has 6 nitrogen and oxygen atoms in total. The van der Waals surface area contributed by atoms with Crippen LogP contribution in [0.25, 0.3) is 33.4 Å². The van der Waals surface area contributed by atoms with Gasteiger partial charge in [0.2, 0.25) is 5.43 Å². The number of nitrogens with one attached hydrogen (secondary N) is 1. The summed E-state index contributed by atoms with van der Waals surface area (Å²) < 4.78 is 24.1. The minimum absolute atomic E-state index is 0.00927. The van der Waals surface area contributed by atoms with Crippen LogP contribution >= 0.6 is 11.3 Å². The summed E-state index contributed by atoms with van der Waals surface area (Å²) in [6.45, 7) is 0. The molecule has 1 N–H and O–H groups in total. The van der Waals surface area contributed by atoms with Crippen LogP contribution in [-0.2, 0) is 0 Å². The average molecular weight is 406 g/mol. The highest BCUT2D eigenvalue weighted by Gasteiger charge is 2.19. The second-order valence-corrected chi connectivity index (χ2v) is 7.10. The Morgan fingerprint density at radius 2 is 1.83 bits per heavy atom. The molecule has 0 saturated heterocycles. The number of aromatic nitrogens is 1. The van der Waals surface area contributed by atoms with Gasteiger partial charge in [0.25, 0.3) is 5.91 Å². The van der Waals surface area contributed by atoms with E-state index < -0.39 is 5.91 Å². The van der Waals surface area contributed by atoms with Crippen LogP contribution in [0.15, 0.2) is 73.6 Å². The van der Waals surface area contributed by atoms with Gasteiger partial charge in [-0.15, -0.1) is 11.3 Å². The van der Waals surface area contributed by atoms with Gasteiger partial charge in [0.1, 0.15) is 16.8 Å². The summed E-state index contributed by atoms with van der Waals surface area (Å²) in [4.78, 5) is 29.5.